The maximum absolute atomic E-state index is 2.63. The average Bonchev–Trinajstić information content (AvgIpc) is 3.86. The molecule has 4 aliphatic rings. The number of nitrogens with zero attached hydrogens (tertiary/aromatic N) is 6. The fourth-order valence-corrected chi connectivity index (χ4v) is 6.23. The second kappa shape index (κ2) is 30.1. The first-order valence-corrected chi connectivity index (χ1v) is 20.9. The Hall–Kier alpha value is -0.240. The molecule has 4 fully saturated rings. The number of piperidine rings is 1. The molecule has 0 spiro atoms. The van der Waals surface area contributed by atoms with Gasteiger partial charge in [0.05, 0.1) is 0 Å². The summed E-state index contributed by atoms with van der Waals surface area (Å²) in [5, 5.41) is 0. The lowest BCUT2D eigenvalue weighted by Crippen LogP contribution is -2.46. The third-order valence-corrected chi connectivity index (χ3v) is 11.4. The smallest absolute Gasteiger partial charge is 0.0110 e. The third-order valence-electron chi connectivity index (χ3n) is 11.4. The van der Waals surface area contributed by atoms with E-state index in [1.165, 1.54) is 143 Å². The van der Waals surface area contributed by atoms with Gasteiger partial charge in [0.1, 0.15) is 0 Å². The minimum atomic E-state index is 0. The molecule has 304 valence electrons. The molecule has 0 radical (unpaired) electrons. The zero-order valence-corrected chi connectivity index (χ0v) is 35.3. The predicted octanol–water partition coefficient (Wildman–Crippen LogP) is 9.22. The summed E-state index contributed by atoms with van der Waals surface area (Å²) in [6.45, 7) is 42.5. The van der Waals surface area contributed by atoms with Crippen molar-refractivity contribution in [2.24, 2.45) is 41.4 Å². The SMILES string of the molecule is C.C.CC(C)C(C)CN1CCCCC1.CC(C)C(C)CN1CCN(C)CC1.CC(C)CCN(C)CC1CC1.CC(C)CCN1CCN(C)CC1. The average molecular weight is 711 g/mol. The molecule has 3 saturated heterocycles. The van der Waals surface area contributed by atoms with Gasteiger partial charge in [-0.05, 0) is 127 Å². The second-order valence-corrected chi connectivity index (χ2v) is 18.1. The summed E-state index contributed by atoms with van der Waals surface area (Å²) in [5.74, 6) is 6.12. The first-order valence-electron chi connectivity index (χ1n) is 20.9. The van der Waals surface area contributed by atoms with Crippen LogP contribution >= 0.6 is 0 Å². The van der Waals surface area contributed by atoms with Gasteiger partial charge in [0, 0.05) is 72.0 Å². The topological polar surface area (TPSA) is 19.4 Å². The van der Waals surface area contributed by atoms with Crippen LogP contribution in [0.15, 0.2) is 0 Å². The lowest BCUT2D eigenvalue weighted by atomic mass is 9.96. The lowest BCUT2D eigenvalue weighted by molar-refractivity contribution is 0.129. The highest BCUT2D eigenvalue weighted by Crippen LogP contribution is 2.29. The Balaban J connectivity index is 0. The zero-order valence-electron chi connectivity index (χ0n) is 35.3. The van der Waals surface area contributed by atoms with Gasteiger partial charge in [-0.3, -0.25) is 0 Å². The first-order chi connectivity index (χ1) is 22.7. The fourth-order valence-electron chi connectivity index (χ4n) is 6.23. The van der Waals surface area contributed by atoms with Gasteiger partial charge in [-0.1, -0.05) is 90.5 Å². The molecule has 4 rings (SSSR count). The molecule has 3 aliphatic heterocycles. The molecule has 0 N–H and O–H groups in total. The van der Waals surface area contributed by atoms with E-state index < -0.39 is 0 Å². The van der Waals surface area contributed by atoms with Gasteiger partial charge < -0.3 is 29.4 Å². The van der Waals surface area contributed by atoms with E-state index in [9.17, 15) is 0 Å². The minimum Gasteiger partial charge on any atom is -0.306 e. The summed E-state index contributed by atoms with van der Waals surface area (Å²) in [6.07, 6.45) is 9.95. The molecule has 0 bridgehead atoms. The van der Waals surface area contributed by atoms with E-state index in [1.807, 2.05) is 0 Å². The van der Waals surface area contributed by atoms with Crippen LogP contribution in [-0.4, -0.2) is 149 Å². The standard InChI is InChI=1S/C11H24N2.C11H23N.C10H22N2.C10H21N.2CH4/c1-10(2)11(3)9-13-7-5-12(4)6-8-13;1-10(2)11(3)9-12-7-5-4-6-8-12;1-10(2)4-5-12-8-6-11(3)7-9-12;1-9(2)6-7-11(3)8-10-4-5-10;;/h10-11H,5-9H2,1-4H3;10-11H,4-9H2,1-3H3;10H,4-9H2,1-3H3;9-10H,4-8H2,1-3H3;2*1H4. The molecule has 0 aromatic carbocycles. The Morgan fingerprint density at radius 2 is 0.920 bits per heavy atom. The molecular weight excluding hydrogens is 613 g/mol. The van der Waals surface area contributed by atoms with Crippen molar-refractivity contribution in [3.8, 4) is 0 Å². The van der Waals surface area contributed by atoms with Crippen LogP contribution in [0, 0.1) is 41.4 Å². The normalized spacial score (nSPS) is 21.0. The van der Waals surface area contributed by atoms with E-state index in [1.54, 1.807) is 0 Å². The van der Waals surface area contributed by atoms with Gasteiger partial charge in [-0.25, -0.2) is 0 Å². The summed E-state index contributed by atoms with van der Waals surface area (Å²) >= 11 is 0. The van der Waals surface area contributed by atoms with Crippen LogP contribution < -0.4 is 0 Å². The molecule has 2 atom stereocenters. The number of rotatable bonds is 14. The van der Waals surface area contributed by atoms with E-state index in [2.05, 4.69) is 120 Å². The quantitative estimate of drug-likeness (QED) is 0.178. The van der Waals surface area contributed by atoms with E-state index >= 15 is 0 Å². The molecule has 0 aromatic heterocycles. The Morgan fingerprint density at radius 3 is 1.30 bits per heavy atom. The Morgan fingerprint density at radius 1 is 0.520 bits per heavy atom. The van der Waals surface area contributed by atoms with Gasteiger partial charge in [-0.2, -0.15) is 0 Å². The van der Waals surface area contributed by atoms with Crippen molar-refractivity contribution in [3.05, 3.63) is 0 Å². The summed E-state index contributed by atoms with van der Waals surface area (Å²) in [7, 11) is 6.67. The van der Waals surface area contributed by atoms with Crippen molar-refractivity contribution in [2.45, 2.75) is 129 Å². The maximum atomic E-state index is 2.63. The van der Waals surface area contributed by atoms with E-state index in [0.29, 0.717) is 0 Å². The van der Waals surface area contributed by atoms with Crippen LogP contribution in [0.4, 0.5) is 0 Å². The van der Waals surface area contributed by atoms with Crippen molar-refractivity contribution < 1.29 is 0 Å². The van der Waals surface area contributed by atoms with Crippen molar-refractivity contribution in [2.75, 3.05) is 119 Å². The molecule has 0 aromatic rings. The number of hydrogen-bond acceptors (Lipinski definition) is 6. The number of piperazine rings is 2. The monoisotopic (exact) mass is 711 g/mol. The molecular formula is C44H98N6. The molecule has 6 nitrogen and oxygen atoms in total. The first kappa shape index (κ1) is 51.9. The summed E-state index contributed by atoms with van der Waals surface area (Å²) in [5.41, 5.74) is 0. The number of hydrogen-bond donors (Lipinski definition) is 0. The Kier molecular flexibility index (Phi) is 31.3. The van der Waals surface area contributed by atoms with Gasteiger partial charge in [-0.15, -0.1) is 0 Å². The summed E-state index contributed by atoms with van der Waals surface area (Å²) in [6, 6.07) is 0. The predicted molar refractivity (Wildman–Crippen MR) is 229 cm³/mol. The van der Waals surface area contributed by atoms with Crippen molar-refractivity contribution in [3.63, 3.8) is 0 Å². The third kappa shape index (κ3) is 28.3. The fraction of sp³-hybridized carbons (Fsp3) is 1.00. The van der Waals surface area contributed by atoms with Gasteiger partial charge in [0.2, 0.25) is 0 Å². The molecule has 3 heterocycles. The van der Waals surface area contributed by atoms with Crippen LogP contribution in [-0.2, 0) is 0 Å². The molecule has 0 amide bonds. The molecule has 1 aliphatic carbocycles. The molecule has 50 heavy (non-hydrogen) atoms. The zero-order chi connectivity index (χ0) is 36.1. The second-order valence-electron chi connectivity index (χ2n) is 18.1. The van der Waals surface area contributed by atoms with Crippen LogP contribution in [0.1, 0.15) is 129 Å². The number of likely N-dealkylation sites (tertiary alicyclic amines) is 1. The van der Waals surface area contributed by atoms with Crippen LogP contribution in [0.3, 0.4) is 0 Å². The highest BCUT2D eigenvalue weighted by Gasteiger charge is 2.22. The molecule has 2 unspecified atom stereocenters. The van der Waals surface area contributed by atoms with E-state index in [4.69, 9.17) is 0 Å². The van der Waals surface area contributed by atoms with Gasteiger partial charge in [0.15, 0.2) is 0 Å². The van der Waals surface area contributed by atoms with Gasteiger partial charge in [0.25, 0.3) is 0 Å². The minimum absolute atomic E-state index is 0. The largest absolute Gasteiger partial charge is 0.306 e. The lowest BCUT2D eigenvalue weighted by Gasteiger charge is -2.34. The van der Waals surface area contributed by atoms with E-state index in [0.717, 1.165) is 41.4 Å². The highest BCUT2D eigenvalue weighted by atomic mass is 15.2. The molecule has 1 saturated carbocycles. The van der Waals surface area contributed by atoms with Crippen LogP contribution in [0.25, 0.3) is 0 Å². The number of likely N-dealkylation sites (N-methyl/N-ethyl adjacent to an activating group) is 2. The summed E-state index contributed by atoms with van der Waals surface area (Å²) < 4.78 is 0. The van der Waals surface area contributed by atoms with Gasteiger partial charge >= 0.3 is 0 Å². The Bertz CT molecular complexity index is 716. The van der Waals surface area contributed by atoms with Crippen molar-refractivity contribution >= 4 is 0 Å². The Labute approximate surface area is 318 Å². The highest BCUT2D eigenvalue weighted by molar-refractivity contribution is 4.76. The maximum Gasteiger partial charge on any atom is 0.0110 e. The van der Waals surface area contributed by atoms with E-state index in [-0.39, 0.29) is 14.9 Å². The molecule has 6 heteroatoms. The van der Waals surface area contributed by atoms with Crippen LogP contribution in [0.2, 0.25) is 0 Å². The summed E-state index contributed by atoms with van der Waals surface area (Å²) in [4.78, 5) is 15.1. The van der Waals surface area contributed by atoms with Crippen molar-refractivity contribution in [1.82, 2.24) is 29.4 Å². The van der Waals surface area contributed by atoms with Crippen molar-refractivity contribution in [1.29, 1.82) is 0 Å². The van der Waals surface area contributed by atoms with Crippen LogP contribution in [0.5, 0.6) is 0 Å².